The Morgan fingerprint density at radius 3 is 2.71 bits per heavy atom. The summed E-state index contributed by atoms with van der Waals surface area (Å²) in [5.74, 6) is 1.79. The van der Waals surface area contributed by atoms with Gasteiger partial charge in [0.05, 0.1) is 0 Å². The van der Waals surface area contributed by atoms with E-state index in [2.05, 4.69) is 45.8 Å². The minimum atomic E-state index is 0.393. The number of benzene rings is 1. The second-order valence-electron chi connectivity index (χ2n) is 3.99. The molecule has 0 atom stereocenters. The zero-order valence-corrected chi connectivity index (χ0v) is 11.3. The molecule has 0 saturated heterocycles. The lowest BCUT2D eigenvalue weighted by molar-refractivity contribution is 0.453. The van der Waals surface area contributed by atoms with E-state index < -0.39 is 0 Å². The monoisotopic (exact) mass is 292 g/mol. The first-order valence-corrected chi connectivity index (χ1v) is 6.19. The Labute approximate surface area is 109 Å². The van der Waals surface area contributed by atoms with Crippen LogP contribution in [0.3, 0.4) is 0 Å². The molecule has 0 amide bonds. The summed E-state index contributed by atoms with van der Waals surface area (Å²) < 4.78 is 6.81. The zero-order chi connectivity index (χ0) is 12.3. The summed E-state index contributed by atoms with van der Waals surface area (Å²) in [6.07, 6.45) is 3.14. The molecule has 0 N–H and O–H groups in total. The van der Waals surface area contributed by atoms with E-state index in [0.29, 0.717) is 11.8 Å². The Morgan fingerprint density at radius 1 is 1.24 bits per heavy atom. The van der Waals surface area contributed by atoms with Crippen LogP contribution in [0.1, 0.15) is 25.3 Å². The molecule has 2 aromatic rings. The van der Waals surface area contributed by atoms with Gasteiger partial charge < -0.3 is 4.74 Å². The van der Waals surface area contributed by atoms with Crippen LogP contribution in [0.2, 0.25) is 0 Å². The lowest BCUT2D eigenvalue weighted by atomic mass is 10.0. The number of hydrogen-bond acceptors (Lipinski definition) is 3. The average Bonchev–Trinajstić information content (AvgIpc) is 2.32. The van der Waals surface area contributed by atoms with Crippen LogP contribution >= 0.6 is 15.9 Å². The molecule has 2 rings (SSSR count). The maximum absolute atomic E-state index is 5.75. The fourth-order valence-corrected chi connectivity index (χ4v) is 1.89. The smallest absolute Gasteiger partial charge is 0.222 e. The van der Waals surface area contributed by atoms with Crippen LogP contribution in [0.25, 0.3) is 0 Å². The Bertz CT molecular complexity index is 500. The van der Waals surface area contributed by atoms with Crippen molar-refractivity contribution in [3.05, 3.63) is 46.8 Å². The molecular weight excluding hydrogens is 280 g/mol. The highest BCUT2D eigenvalue weighted by atomic mass is 79.9. The van der Waals surface area contributed by atoms with Crippen molar-refractivity contribution in [1.29, 1.82) is 0 Å². The first kappa shape index (κ1) is 12.0. The number of aromatic nitrogens is 2. The first-order valence-electron chi connectivity index (χ1n) is 5.40. The minimum Gasteiger partial charge on any atom is -0.439 e. The van der Waals surface area contributed by atoms with Crippen LogP contribution in [0.4, 0.5) is 0 Å². The molecule has 0 spiro atoms. The highest BCUT2D eigenvalue weighted by Crippen LogP contribution is 2.31. The fourth-order valence-electron chi connectivity index (χ4n) is 1.52. The Morgan fingerprint density at radius 2 is 2.06 bits per heavy atom. The zero-order valence-electron chi connectivity index (χ0n) is 9.72. The quantitative estimate of drug-likeness (QED) is 0.852. The van der Waals surface area contributed by atoms with Gasteiger partial charge in [-0.1, -0.05) is 29.8 Å². The van der Waals surface area contributed by atoms with Gasteiger partial charge in [-0.2, -0.15) is 0 Å². The number of hydrogen-bond donors (Lipinski definition) is 0. The fraction of sp³-hybridized carbons (Fsp3) is 0.231. The maximum Gasteiger partial charge on any atom is 0.222 e. The molecule has 1 aromatic carbocycles. The van der Waals surface area contributed by atoms with Gasteiger partial charge >= 0.3 is 0 Å². The molecule has 0 aliphatic rings. The highest BCUT2D eigenvalue weighted by molar-refractivity contribution is 9.10. The van der Waals surface area contributed by atoms with E-state index in [-0.39, 0.29) is 0 Å². The molecule has 1 aromatic heterocycles. The normalized spacial score (nSPS) is 10.6. The number of halogens is 1. The minimum absolute atomic E-state index is 0.393. The van der Waals surface area contributed by atoms with E-state index in [1.54, 1.807) is 12.3 Å². The van der Waals surface area contributed by atoms with Crippen LogP contribution in [-0.2, 0) is 0 Å². The molecule has 0 saturated carbocycles. The van der Waals surface area contributed by atoms with Crippen molar-refractivity contribution in [3.8, 4) is 11.6 Å². The molecule has 0 radical (unpaired) electrons. The summed E-state index contributed by atoms with van der Waals surface area (Å²) in [7, 11) is 0. The molecule has 4 heteroatoms. The standard InChI is InChI=1S/C13H13BrN2O/c1-9(2)11-7-10(14)3-4-12(11)17-13-5-6-15-8-16-13/h3-9H,1-2H3. The third-order valence-corrected chi connectivity index (χ3v) is 2.86. The first-order chi connectivity index (χ1) is 8.16. The van der Waals surface area contributed by atoms with Crippen molar-refractivity contribution < 1.29 is 4.74 Å². The van der Waals surface area contributed by atoms with Gasteiger partial charge in [-0.25, -0.2) is 9.97 Å². The van der Waals surface area contributed by atoms with Crippen molar-refractivity contribution in [1.82, 2.24) is 9.97 Å². The molecule has 0 aliphatic carbocycles. The van der Waals surface area contributed by atoms with E-state index in [0.717, 1.165) is 15.8 Å². The van der Waals surface area contributed by atoms with Gasteiger partial charge in [0.2, 0.25) is 5.88 Å². The molecule has 0 bridgehead atoms. The molecule has 88 valence electrons. The van der Waals surface area contributed by atoms with E-state index in [1.165, 1.54) is 6.33 Å². The van der Waals surface area contributed by atoms with Crippen molar-refractivity contribution in [2.75, 3.05) is 0 Å². The van der Waals surface area contributed by atoms with E-state index in [9.17, 15) is 0 Å². The summed E-state index contributed by atoms with van der Waals surface area (Å²) in [5, 5.41) is 0. The topological polar surface area (TPSA) is 35.0 Å². The third-order valence-electron chi connectivity index (χ3n) is 2.36. The number of rotatable bonds is 3. The van der Waals surface area contributed by atoms with Crippen molar-refractivity contribution in [2.24, 2.45) is 0 Å². The van der Waals surface area contributed by atoms with Gasteiger partial charge in [0.25, 0.3) is 0 Å². The van der Waals surface area contributed by atoms with Gasteiger partial charge in [-0.15, -0.1) is 0 Å². The summed E-state index contributed by atoms with van der Waals surface area (Å²) in [6, 6.07) is 7.72. The van der Waals surface area contributed by atoms with Gasteiger partial charge in [0.15, 0.2) is 0 Å². The van der Waals surface area contributed by atoms with Crippen LogP contribution < -0.4 is 4.74 Å². The van der Waals surface area contributed by atoms with E-state index >= 15 is 0 Å². The summed E-state index contributed by atoms with van der Waals surface area (Å²) in [4.78, 5) is 7.91. The predicted molar refractivity (Wildman–Crippen MR) is 70.3 cm³/mol. The predicted octanol–water partition coefficient (Wildman–Crippen LogP) is 4.15. The SMILES string of the molecule is CC(C)c1cc(Br)ccc1Oc1ccncn1. The van der Waals surface area contributed by atoms with E-state index in [4.69, 9.17) is 4.74 Å². The number of nitrogens with zero attached hydrogens (tertiary/aromatic N) is 2. The largest absolute Gasteiger partial charge is 0.439 e. The third kappa shape index (κ3) is 3.03. The lowest BCUT2D eigenvalue weighted by Crippen LogP contribution is -1.95. The Balaban J connectivity index is 2.33. The maximum atomic E-state index is 5.75. The highest BCUT2D eigenvalue weighted by Gasteiger charge is 2.09. The average molecular weight is 293 g/mol. The summed E-state index contributed by atoms with van der Waals surface area (Å²) in [5.41, 5.74) is 1.15. The Kier molecular flexibility index (Phi) is 3.74. The van der Waals surface area contributed by atoms with Crippen molar-refractivity contribution in [3.63, 3.8) is 0 Å². The second-order valence-corrected chi connectivity index (χ2v) is 4.90. The molecule has 3 nitrogen and oxygen atoms in total. The lowest BCUT2D eigenvalue weighted by Gasteiger charge is -2.13. The summed E-state index contributed by atoms with van der Waals surface area (Å²) >= 11 is 3.47. The van der Waals surface area contributed by atoms with Gasteiger partial charge in [0.1, 0.15) is 12.1 Å². The second kappa shape index (κ2) is 5.27. The molecule has 0 unspecified atom stereocenters. The van der Waals surface area contributed by atoms with Crippen molar-refractivity contribution >= 4 is 15.9 Å². The van der Waals surface area contributed by atoms with Crippen LogP contribution in [-0.4, -0.2) is 9.97 Å². The van der Waals surface area contributed by atoms with Crippen molar-refractivity contribution in [2.45, 2.75) is 19.8 Å². The molecule has 1 heterocycles. The van der Waals surface area contributed by atoms with Crippen LogP contribution in [0, 0.1) is 0 Å². The van der Waals surface area contributed by atoms with Gasteiger partial charge in [0, 0.05) is 16.7 Å². The Hall–Kier alpha value is -1.42. The summed E-state index contributed by atoms with van der Waals surface area (Å²) in [6.45, 7) is 4.27. The van der Waals surface area contributed by atoms with Crippen LogP contribution in [0.5, 0.6) is 11.6 Å². The molecule has 0 fully saturated rings. The van der Waals surface area contributed by atoms with Crippen LogP contribution in [0.15, 0.2) is 41.3 Å². The van der Waals surface area contributed by atoms with Gasteiger partial charge in [-0.3, -0.25) is 0 Å². The van der Waals surface area contributed by atoms with Gasteiger partial charge in [-0.05, 0) is 29.7 Å². The molecular formula is C13H13BrN2O. The van der Waals surface area contributed by atoms with E-state index in [1.807, 2.05) is 12.1 Å². The number of ether oxygens (including phenoxy) is 1. The molecule has 0 aliphatic heterocycles. The molecule has 17 heavy (non-hydrogen) atoms.